The minimum atomic E-state index is -0.732. The molecule has 5 heterocycles. The Morgan fingerprint density at radius 3 is 2.34 bits per heavy atom. The van der Waals surface area contributed by atoms with Crippen molar-refractivity contribution in [3.05, 3.63) is 64.1 Å². The van der Waals surface area contributed by atoms with Gasteiger partial charge in [0.05, 0.1) is 11.0 Å². The molecule has 7 rings (SSSR count). The van der Waals surface area contributed by atoms with Crippen LogP contribution in [0.1, 0.15) is 56.1 Å². The molecule has 3 fully saturated rings. The summed E-state index contributed by atoms with van der Waals surface area (Å²) in [7, 11) is 1.72. The monoisotopic (exact) mass is 642 g/mol. The smallest absolute Gasteiger partial charge is 0.326 e. The van der Waals surface area contributed by atoms with Gasteiger partial charge in [-0.2, -0.15) is 0 Å². The van der Waals surface area contributed by atoms with E-state index >= 15 is 0 Å². The highest BCUT2D eigenvalue weighted by atomic mass is 16.2. The van der Waals surface area contributed by atoms with Crippen molar-refractivity contribution < 1.29 is 14.4 Å². The van der Waals surface area contributed by atoms with Gasteiger partial charge in [-0.1, -0.05) is 30.7 Å². The van der Waals surface area contributed by atoms with Crippen LogP contribution in [0.2, 0.25) is 0 Å². The van der Waals surface area contributed by atoms with Gasteiger partial charge in [0.15, 0.2) is 0 Å². The number of carbonyl (C=O) groups excluding carboxylic acids is 3. The molecule has 5 amide bonds. The number of fused-ring (bicyclic) bond motifs is 2. The van der Waals surface area contributed by atoms with E-state index in [2.05, 4.69) is 20.5 Å². The van der Waals surface area contributed by atoms with Crippen molar-refractivity contribution in [1.29, 1.82) is 0 Å². The van der Waals surface area contributed by atoms with Crippen LogP contribution in [0.5, 0.6) is 0 Å². The molecule has 1 atom stereocenters. The molecule has 1 unspecified atom stereocenters. The van der Waals surface area contributed by atoms with E-state index in [4.69, 9.17) is 0 Å². The van der Waals surface area contributed by atoms with Crippen molar-refractivity contribution >= 4 is 34.7 Å². The number of rotatable bonds is 6. The zero-order chi connectivity index (χ0) is 32.5. The van der Waals surface area contributed by atoms with Gasteiger partial charge in [-0.25, -0.2) is 14.4 Å². The van der Waals surface area contributed by atoms with Gasteiger partial charge in [0.25, 0.3) is 0 Å². The average molecular weight is 643 g/mol. The third kappa shape index (κ3) is 6.60. The number of nitrogens with zero attached hydrogens (tertiary/aromatic N) is 5. The number of H-pyrrole nitrogens is 1. The number of aryl methyl sites for hydroxylation is 1. The first-order valence-corrected chi connectivity index (χ1v) is 17.3. The van der Waals surface area contributed by atoms with E-state index in [0.29, 0.717) is 58.0 Å². The lowest BCUT2D eigenvalue weighted by molar-refractivity contribution is -0.134. The fourth-order valence-electron chi connectivity index (χ4n) is 7.93. The lowest BCUT2D eigenvalue weighted by atomic mass is 9.98. The number of anilines is 1. The lowest BCUT2D eigenvalue weighted by Gasteiger charge is -2.42. The number of amides is 5. The molecule has 4 aliphatic heterocycles. The third-order valence-corrected chi connectivity index (χ3v) is 10.7. The van der Waals surface area contributed by atoms with Gasteiger partial charge >= 0.3 is 17.8 Å². The second-order valence-corrected chi connectivity index (χ2v) is 13.6. The number of hydrogen-bond acceptors (Lipinski definition) is 5. The second kappa shape index (κ2) is 13.4. The zero-order valence-electron chi connectivity index (χ0n) is 27.2. The van der Waals surface area contributed by atoms with Gasteiger partial charge in [-0.15, -0.1) is 0 Å². The predicted molar refractivity (Wildman–Crippen MR) is 180 cm³/mol. The van der Waals surface area contributed by atoms with Crippen LogP contribution >= 0.6 is 0 Å². The maximum absolute atomic E-state index is 14.1. The van der Waals surface area contributed by atoms with Crippen molar-refractivity contribution in [2.75, 3.05) is 44.6 Å². The van der Waals surface area contributed by atoms with E-state index in [1.165, 1.54) is 19.3 Å². The van der Waals surface area contributed by atoms with Crippen LogP contribution < -0.4 is 16.3 Å². The molecule has 1 aromatic heterocycles. The number of hydrogen-bond donors (Lipinski definition) is 3. The summed E-state index contributed by atoms with van der Waals surface area (Å²) in [5.74, 6) is -0.0583. The van der Waals surface area contributed by atoms with Crippen LogP contribution in [0.25, 0.3) is 11.0 Å². The number of likely N-dealkylation sites (tertiary alicyclic amines) is 3. The number of para-hydroxylation sites is 1. The Balaban J connectivity index is 1.02. The number of aromatic amines is 1. The summed E-state index contributed by atoms with van der Waals surface area (Å²) >= 11 is 0. The van der Waals surface area contributed by atoms with Crippen LogP contribution in [0.15, 0.2) is 47.3 Å². The van der Waals surface area contributed by atoms with Crippen molar-refractivity contribution in [1.82, 2.24) is 34.5 Å². The van der Waals surface area contributed by atoms with Crippen LogP contribution in [-0.2, 0) is 24.8 Å². The molecule has 0 bridgehead atoms. The lowest BCUT2D eigenvalue weighted by Crippen LogP contribution is -2.57. The molecule has 12 heteroatoms. The first-order valence-electron chi connectivity index (χ1n) is 17.3. The first-order chi connectivity index (χ1) is 22.8. The molecule has 0 aliphatic carbocycles. The topological polar surface area (TPSA) is 126 Å². The highest BCUT2D eigenvalue weighted by Crippen LogP contribution is 2.28. The van der Waals surface area contributed by atoms with Gasteiger partial charge in [0.1, 0.15) is 6.04 Å². The molecule has 250 valence electrons. The van der Waals surface area contributed by atoms with Gasteiger partial charge in [-0.05, 0) is 80.9 Å². The zero-order valence-corrected chi connectivity index (χ0v) is 27.2. The molecule has 0 radical (unpaired) electrons. The number of urea groups is 2. The summed E-state index contributed by atoms with van der Waals surface area (Å²) in [6.07, 6.45) is 7.38. The Kier molecular flexibility index (Phi) is 8.94. The largest absolute Gasteiger partial charge is 0.341 e. The standard InChI is InChI=1S/C35H46N8O4/c1-39-31-22-24(9-10-29(31)37-33(39)45)21-30(32(44)41-17-11-26(12-18-41)40-15-5-2-6-16-40)38-34(46)42-19-13-27(14-20-42)43-23-25-7-3-4-8-28(25)36-35(43)47/h3-4,7-10,22,26-27,30H,2,5-6,11-21,23H2,1H3,(H,36,47)(H,37,45)(H,38,46). The summed E-state index contributed by atoms with van der Waals surface area (Å²) in [5, 5.41) is 6.11. The maximum Gasteiger partial charge on any atom is 0.326 e. The van der Waals surface area contributed by atoms with Crippen LogP contribution in [-0.4, -0.2) is 105 Å². The molecule has 3 N–H and O–H groups in total. The van der Waals surface area contributed by atoms with Crippen molar-refractivity contribution in [2.24, 2.45) is 7.05 Å². The molecular weight excluding hydrogens is 596 g/mol. The summed E-state index contributed by atoms with van der Waals surface area (Å²) in [4.78, 5) is 63.9. The van der Waals surface area contributed by atoms with Gasteiger partial charge in [0.2, 0.25) is 5.91 Å². The maximum atomic E-state index is 14.1. The Morgan fingerprint density at radius 1 is 0.872 bits per heavy atom. The molecule has 2 aromatic carbocycles. The predicted octanol–water partition coefficient (Wildman–Crippen LogP) is 3.48. The van der Waals surface area contributed by atoms with Crippen molar-refractivity contribution in [3.8, 4) is 0 Å². The summed E-state index contributed by atoms with van der Waals surface area (Å²) in [6, 6.07) is 13.0. The first kappa shape index (κ1) is 31.3. The molecule has 0 spiro atoms. The van der Waals surface area contributed by atoms with Gasteiger partial charge in [-0.3, -0.25) is 9.36 Å². The average Bonchev–Trinajstić information content (AvgIpc) is 3.39. The van der Waals surface area contributed by atoms with Crippen LogP contribution in [0.3, 0.4) is 0 Å². The highest BCUT2D eigenvalue weighted by molar-refractivity contribution is 5.92. The third-order valence-electron chi connectivity index (χ3n) is 10.7. The van der Waals surface area contributed by atoms with E-state index in [1.807, 2.05) is 52.3 Å². The fourth-order valence-corrected chi connectivity index (χ4v) is 7.93. The van der Waals surface area contributed by atoms with E-state index in [0.717, 1.165) is 53.8 Å². The molecule has 3 saturated heterocycles. The number of piperidine rings is 3. The molecular formula is C35H46N8O4. The molecule has 0 saturated carbocycles. The molecule has 4 aliphatic rings. The Hall–Kier alpha value is -4.32. The molecule has 3 aromatic rings. The van der Waals surface area contributed by atoms with Crippen molar-refractivity contribution in [3.63, 3.8) is 0 Å². The Bertz CT molecular complexity index is 1680. The van der Waals surface area contributed by atoms with E-state index < -0.39 is 6.04 Å². The Labute approximate surface area is 275 Å². The summed E-state index contributed by atoms with van der Waals surface area (Å²) in [5.41, 5.74) is 4.13. The van der Waals surface area contributed by atoms with E-state index in [1.54, 1.807) is 16.5 Å². The number of imidazole rings is 1. The fraction of sp³-hybridized carbons (Fsp3) is 0.543. The van der Waals surface area contributed by atoms with Crippen LogP contribution in [0.4, 0.5) is 15.3 Å². The second-order valence-electron chi connectivity index (χ2n) is 13.6. The minimum absolute atomic E-state index is 0.0331. The Morgan fingerprint density at radius 2 is 1.57 bits per heavy atom. The normalized spacial score (nSPS) is 20.6. The van der Waals surface area contributed by atoms with Crippen molar-refractivity contribution in [2.45, 2.75) is 76.0 Å². The number of nitrogens with one attached hydrogen (secondary N) is 3. The molecule has 12 nitrogen and oxygen atoms in total. The summed E-state index contributed by atoms with van der Waals surface area (Å²) < 4.78 is 1.56. The SMILES string of the molecule is Cn1c(=O)[nH]c2ccc(CC(NC(=O)N3CCC(N4Cc5ccccc5NC4=O)CC3)C(=O)N3CCC(N4CCCCC4)CC3)cc21. The summed E-state index contributed by atoms with van der Waals surface area (Å²) in [6.45, 7) is 5.22. The van der Waals surface area contributed by atoms with Crippen LogP contribution in [0, 0.1) is 0 Å². The minimum Gasteiger partial charge on any atom is -0.341 e. The number of aromatic nitrogens is 2. The van der Waals surface area contributed by atoms with E-state index in [-0.39, 0.29) is 29.7 Å². The number of benzene rings is 2. The number of carbonyl (C=O) groups is 3. The van der Waals surface area contributed by atoms with E-state index in [9.17, 15) is 19.2 Å². The van der Waals surface area contributed by atoms with Gasteiger partial charge < -0.3 is 35.2 Å². The molecule has 47 heavy (non-hydrogen) atoms. The highest BCUT2D eigenvalue weighted by Gasteiger charge is 2.35. The quantitative estimate of drug-likeness (QED) is 0.380. The van der Waals surface area contributed by atoms with Gasteiger partial charge in [0, 0.05) is 64.0 Å².